The summed E-state index contributed by atoms with van der Waals surface area (Å²) >= 11 is 6.28. The second-order valence-corrected chi connectivity index (χ2v) is 8.11. The van der Waals surface area contributed by atoms with Crippen molar-refractivity contribution >= 4 is 29.3 Å². The van der Waals surface area contributed by atoms with Gasteiger partial charge in [-0.25, -0.2) is 4.79 Å². The van der Waals surface area contributed by atoms with E-state index < -0.39 is 17.9 Å². The zero-order valence-electron chi connectivity index (χ0n) is 19.3. The van der Waals surface area contributed by atoms with Crippen LogP contribution in [0.15, 0.2) is 47.1 Å². The van der Waals surface area contributed by atoms with Gasteiger partial charge in [0.2, 0.25) is 0 Å². The average Bonchev–Trinajstić information content (AvgIpc) is 3.41. The number of carbonyl (C=O) groups is 3. The number of benzene rings is 1. The van der Waals surface area contributed by atoms with Crippen LogP contribution in [-0.2, 0) is 17.8 Å². The number of rotatable bonds is 8. The molecule has 174 valence electrons. The summed E-state index contributed by atoms with van der Waals surface area (Å²) < 4.78 is 12.1. The van der Waals surface area contributed by atoms with Crippen molar-refractivity contribution in [3.63, 3.8) is 0 Å². The van der Waals surface area contributed by atoms with E-state index in [9.17, 15) is 14.4 Å². The highest BCUT2D eigenvalue weighted by Gasteiger charge is 2.34. The highest BCUT2D eigenvalue weighted by atomic mass is 35.5. The van der Waals surface area contributed by atoms with Crippen LogP contribution in [0.25, 0.3) is 0 Å². The van der Waals surface area contributed by atoms with Crippen LogP contribution in [-0.4, -0.2) is 40.3 Å². The van der Waals surface area contributed by atoms with Crippen LogP contribution in [0, 0.1) is 13.8 Å². The van der Waals surface area contributed by atoms with Crippen molar-refractivity contribution < 1.29 is 23.5 Å². The van der Waals surface area contributed by atoms with Gasteiger partial charge in [0.25, 0.3) is 5.91 Å². The van der Waals surface area contributed by atoms with Crippen molar-refractivity contribution in [1.29, 1.82) is 0 Å². The second-order valence-electron chi connectivity index (χ2n) is 7.70. The molecule has 2 heterocycles. The van der Waals surface area contributed by atoms with Crippen LogP contribution in [0.1, 0.15) is 62.1 Å². The first-order chi connectivity index (χ1) is 15.7. The Morgan fingerprint density at radius 3 is 2.42 bits per heavy atom. The van der Waals surface area contributed by atoms with E-state index in [2.05, 4.69) is 0 Å². The lowest BCUT2D eigenvalue weighted by Gasteiger charge is -2.28. The molecule has 7 nitrogen and oxygen atoms in total. The summed E-state index contributed by atoms with van der Waals surface area (Å²) in [7, 11) is 1.31. The van der Waals surface area contributed by atoms with E-state index in [0.29, 0.717) is 45.4 Å². The lowest BCUT2D eigenvalue weighted by atomic mass is 9.99. The fourth-order valence-corrected chi connectivity index (χ4v) is 4.32. The predicted molar refractivity (Wildman–Crippen MR) is 125 cm³/mol. The fourth-order valence-electron chi connectivity index (χ4n) is 4.11. The van der Waals surface area contributed by atoms with Gasteiger partial charge < -0.3 is 18.6 Å². The zero-order chi connectivity index (χ0) is 24.3. The summed E-state index contributed by atoms with van der Waals surface area (Å²) in [4.78, 5) is 41.1. The molecule has 1 unspecified atom stereocenters. The standard InChI is InChI=1S/C25H27ClN2O5/c1-6-27-16(3)21(15(2)22(27)25(31)32-5)23(29)17(4)28(14-18-10-9-13-33-18)24(30)19-11-7-8-12-20(19)26/h7-13,17H,6,14H2,1-5H3. The minimum absolute atomic E-state index is 0.0837. The maximum atomic E-state index is 13.7. The van der Waals surface area contributed by atoms with Crippen molar-refractivity contribution in [3.8, 4) is 0 Å². The molecular weight excluding hydrogens is 444 g/mol. The number of hydrogen-bond acceptors (Lipinski definition) is 5. The topological polar surface area (TPSA) is 81.8 Å². The summed E-state index contributed by atoms with van der Waals surface area (Å²) in [5.41, 5.74) is 2.21. The number of amides is 1. The number of Topliss-reactive ketones (excluding diaryl/α,β-unsaturated/α-hetero) is 1. The Kier molecular flexibility index (Phi) is 7.43. The number of aromatic nitrogens is 1. The summed E-state index contributed by atoms with van der Waals surface area (Å²) in [6.45, 7) is 7.64. The zero-order valence-corrected chi connectivity index (χ0v) is 20.1. The van der Waals surface area contributed by atoms with E-state index in [1.54, 1.807) is 61.7 Å². The molecule has 0 saturated carbocycles. The molecule has 33 heavy (non-hydrogen) atoms. The van der Waals surface area contributed by atoms with Gasteiger partial charge in [-0.2, -0.15) is 0 Å². The van der Waals surface area contributed by atoms with Gasteiger partial charge in [0.15, 0.2) is 5.78 Å². The van der Waals surface area contributed by atoms with Gasteiger partial charge in [-0.1, -0.05) is 23.7 Å². The van der Waals surface area contributed by atoms with Crippen molar-refractivity contribution in [3.05, 3.63) is 81.5 Å². The van der Waals surface area contributed by atoms with E-state index in [-0.39, 0.29) is 12.3 Å². The minimum Gasteiger partial charge on any atom is -0.467 e. The normalized spacial score (nSPS) is 11.8. The molecule has 1 aromatic carbocycles. The van der Waals surface area contributed by atoms with E-state index in [0.717, 1.165) is 0 Å². The predicted octanol–water partition coefficient (Wildman–Crippen LogP) is 5.07. The van der Waals surface area contributed by atoms with Gasteiger partial charge in [-0.05, 0) is 57.5 Å². The highest BCUT2D eigenvalue weighted by molar-refractivity contribution is 6.33. The molecule has 0 aliphatic heterocycles. The van der Waals surface area contributed by atoms with Crippen molar-refractivity contribution in [2.24, 2.45) is 0 Å². The molecule has 0 saturated heterocycles. The maximum Gasteiger partial charge on any atom is 0.354 e. The molecular formula is C25H27ClN2O5. The number of hydrogen-bond donors (Lipinski definition) is 0. The number of carbonyl (C=O) groups excluding carboxylic acids is 3. The Bertz CT molecular complexity index is 1180. The SMILES string of the molecule is CCn1c(C)c(C(=O)C(C)N(Cc2ccco2)C(=O)c2ccccc2Cl)c(C)c1C(=O)OC. The summed E-state index contributed by atoms with van der Waals surface area (Å²) in [5.74, 6) is -0.654. The lowest BCUT2D eigenvalue weighted by molar-refractivity contribution is 0.0585. The van der Waals surface area contributed by atoms with E-state index in [1.807, 2.05) is 6.92 Å². The molecule has 0 spiro atoms. The van der Waals surface area contributed by atoms with Crippen LogP contribution >= 0.6 is 11.6 Å². The third-order valence-electron chi connectivity index (χ3n) is 5.83. The molecule has 0 N–H and O–H groups in total. The minimum atomic E-state index is -0.852. The van der Waals surface area contributed by atoms with Crippen LogP contribution in [0.2, 0.25) is 5.02 Å². The van der Waals surface area contributed by atoms with E-state index >= 15 is 0 Å². The second kappa shape index (κ2) is 10.1. The molecule has 8 heteroatoms. The first kappa shape index (κ1) is 24.3. The smallest absolute Gasteiger partial charge is 0.354 e. The van der Waals surface area contributed by atoms with Crippen LogP contribution in [0.5, 0.6) is 0 Å². The van der Waals surface area contributed by atoms with Crippen molar-refractivity contribution in [2.75, 3.05) is 7.11 Å². The Balaban J connectivity index is 2.06. The average molecular weight is 471 g/mol. The van der Waals surface area contributed by atoms with E-state index in [4.69, 9.17) is 20.8 Å². The quantitative estimate of drug-likeness (QED) is 0.339. The molecule has 1 atom stereocenters. The van der Waals surface area contributed by atoms with Gasteiger partial charge in [0.1, 0.15) is 11.5 Å². The number of ketones is 1. The van der Waals surface area contributed by atoms with Crippen molar-refractivity contribution in [1.82, 2.24) is 9.47 Å². The van der Waals surface area contributed by atoms with Crippen LogP contribution in [0.3, 0.4) is 0 Å². The maximum absolute atomic E-state index is 13.7. The Labute approximate surface area is 197 Å². The Morgan fingerprint density at radius 1 is 1.15 bits per heavy atom. The Hall–Kier alpha value is -3.32. The molecule has 0 bridgehead atoms. The molecule has 3 aromatic rings. The third-order valence-corrected chi connectivity index (χ3v) is 6.16. The third kappa shape index (κ3) is 4.59. The number of furan rings is 1. The van der Waals surface area contributed by atoms with Gasteiger partial charge >= 0.3 is 5.97 Å². The molecule has 0 fully saturated rings. The van der Waals surface area contributed by atoms with Gasteiger partial charge in [-0.3, -0.25) is 9.59 Å². The molecule has 1 amide bonds. The summed E-state index contributed by atoms with van der Waals surface area (Å²) in [5, 5.41) is 0.295. The number of ether oxygens (including phenoxy) is 1. The monoisotopic (exact) mass is 470 g/mol. The molecule has 2 aromatic heterocycles. The van der Waals surface area contributed by atoms with Gasteiger partial charge in [-0.15, -0.1) is 0 Å². The lowest BCUT2D eigenvalue weighted by Crippen LogP contribution is -2.43. The number of esters is 1. The molecule has 0 radical (unpaired) electrons. The first-order valence-corrected chi connectivity index (χ1v) is 11.0. The number of methoxy groups -OCH3 is 1. The largest absolute Gasteiger partial charge is 0.467 e. The van der Waals surface area contributed by atoms with Gasteiger partial charge in [0.05, 0.1) is 36.5 Å². The highest BCUT2D eigenvalue weighted by Crippen LogP contribution is 2.27. The first-order valence-electron chi connectivity index (χ1n) is 10.6. The summed E-state index contributed by atoms with van der Waals surface area (Å²) in [6, 6.07) is 9.31. The number of halogens is 1. The summed E-state index contributed by atoms with van der Waals surface area (Å²) in [6.07, 6.45) is 1.51. The van der Waals surface area contributed by atoms with Crippen LogP contribution < -0.4 is 0 Å². The van der Waals surface area contributed by atoms with Crippen molar-refractivity contribution in [2.45, 2.75) is 46.8 Å². The van der Waals surface area contributed by atoms with Gasteiger partial charge in [0, 0.05) is 17.8 Å². The molecule has 3 rings (SSSR count). The molecule has 0 aliphatic carbocycles. The fraction of sp³-hybridized carbons (Fsp3) is 0.320. The molecule has 0 aliphatic rings. The van der Waals surface area contributed by atoms with E-state index in [1.165, 1.54) is 18.3 Å². The Morgan fingerprint density at radius 2 is 1.85 bits per heavy atom. The number of nitrogens with zero attached hydrogens (tertiary/aromatic N) is 2. The van der Waals surface area contributed by atoms with Crippen LogP contribution in [0.4, 0.5) is 0 Å².